The standard InChI is InChI=1S/C15H19N3O3/c1-5-10-9-12-11(13(19)6-2)7-8-14(18(12)16-10)17(3)15(20)21-4/h7-9H,5-6H2,1-4H3. The average Bonchev–Trinajstić information content (AvgIpc) is 2.95. The molecule has 0 radical (unpaired) electrons. The molecule has 0 aromatic carbocycles. The third-order valence-electron chi connectivity index (χ3n) is 3.43. The van der Waals surface area contributed by atoms with Crippen molar-refractivity contribution in [3.05, 3.63) is 29.5 Å². The number of amides is 1. The predicted octanol–water partition coefficient (Wildman–Crippen LogP) is 2.69. The number of pyridine rings is 1. The fourth-order valence-electron chi connectivity index (χ4n) is 2.19. The monoisotopic (exact) mass is 289 g/mol. The van der Waals surface area contributed by atoms with Gasteiger partial charge in [-0.3, -0.25) is 9.69 Å². The first kappa shape index (κ1) is 15.0. The highest BCUT2D eigenvalue weighted by Gasteiger charge is 2.19. The molecule has 0 aliphatic heterocycles. The summed E-state index contributed by atoms with van der Waals surface area (Å²) in [4.78, 5) is 25.1. The summed E-state index contributed by atoms with van der Waals surface area (Å²) in [5, 5.41) is 4.46. The number of carbonyl (C=O) groups excluding carboxylic acids is 2. The minimum atomic E-state index is -0.487. The molecule has 0 fully saturated rings. The van der Waals surface area contributed by atoms with Crippen molar-refractivity contribution < 1.29 is 14.3 Å². The number of ether oxygens (including phenoxy) is 1. The Morgan fingerprint density at radius 1 is 1.33 bits per heavy atom. The lowest BCUT2D eigenvalue weighted by Crippen LogP contribution is -2.28. The van der Waals surface area contributed by atoms with E-state index in [0.717, 1.165) is 12.1 Å². The summed E-state index contributed by atoms with van der Waals surface area (Å²) in [6.07, 6.45) is 0.691. The summed E-state index contributed by atoms with van der Waals surface area (Å²) in [7, 11) is 2.93. The zero-order chi connectivity index (χ0) is 15.6. The van der Waals surface area contributed by atoms with E-state index in [-0.39, 0.29) is 5.78 Å². The molecule has 21 heavy (non-hydrogen) atoms. The number of carbonyl (C=O) groups is 2. The summed E-state index contributed by atoms with van der Waals surface area (Å²) >= 11 is 0. The zero-order valence-electron chi connectivity index (χ0n) is 12.7. The lowest BCUT2D eigenvalue weighted by atomic mass is 10.1. The van der Waals surface area contributed by atoms with E-state index in [1.807, 2.05) is 19.9 Å². The van der Waals surface area contributed by atoms with Gasteiger partial charge < -0.3 is 4.74 Å². The van der Waals surface area contributed by atoms with Crippen molar-refractivity contribution in [1.82, 2.24) is 9.61 Å². The maximum atomic E-state index is 12.0. The molecule has 0 bridgehead atoms. The van der Waals surface area contributed by atoms with Gasteiger partial charge in [0.25, 0.3) is 0 Å². The predicted molar refractivity (Wildman–Crippen MR) is 80.0 cm³/mol. The van der Waals surface area contributed by atoms with Gasteiger partial charge in [-0.25, -0.2) is 9.31 Å². The summed E-state index contributed by atoms with van der Waals surface area (Å²) in [5.41, 5.74) is 2.20. The molecular weight excluding hydrogens is 270 g/mol. The molecule has 0 N–H and O–H groups in total. The van der Waals surface area contributed by atoms with Crippen LogP contribution in [0.15, 0.2) is 18.2 Å². The minimum Gasteiger partial charge on any atom is -0.452 e. The third-order valence-corrected chi connectivity index (χ3v) is 3.43. The van der Waals surface area contributed by atoms with E-state index in [1.165, 1.54) is 12.0 Å². The minimum absolute atomic E-state index is 0.0508. The van der Waals surface area contributed by atoms with Crippen LogP contribution in [0.4, 0.5) is 10.6 Å². The number of aryl methyl sites for hydroxylation is 1. The van der Waals surface area contributed by atoms with E-state index in [9.17, 15) is 9.59 Å². The maximum Gasteiger partial charge on any atom is 0.414 e. The van der Waals surface area contributed by atoms with E-state index >= 15 is 0 Å². The van der Waals surface area contributed by atoms with Crippen LogP contribution in [-0.4, -0.2) is 35.6 Å². The van der Waals surface area contributed by atoms with Gasteiger partial charge >= 0.3 is 6.09 Å². The number of hydrogen-bond acceptors (Lipinski definition) is 4. The number of hydrogen-bond donors (Lipinski definition) is 0. The van der Waals surface area contributed by atoms with Crippen LogP contribution in [0.1, 0.15) is 36.3 Å². The van der Waals surface area contributed by atoms with Gasteiger partial charge in [-0.15, -0.1) is 0 Å². The maximum absolute atomic E-state index is 12.0. The van der Waals surface area contributed by atoms with Crippen LogP contribution in [-0.2, 0) is 11.2 Å². The topological polar surface area (TPSA) is 63.9 Å². The fraction of sp³-hybridized carbons (Fsp3) is 0.400. The van der Waals surface area contributed by atoms with Gasteiger partial charge in [-0.2, -0.15) is 5.10 Å². The Morgan fingerprint density at radius 3 is 2.62 bits per heavy atom. The largest absolute Gasteiger partial charge is 0.452 e. The van der Waals surface area contributed by atoms with Crippen molar-refractivity contribution in [2.45, 2.75) is 26.7 Å². The molecule has 0 saturated heterocycles. The van der Waals surface area contributed by atoms with Crippen LogP contribution in [0.2, 0.25) is 0 Å². The number of fused-ring (bicyclic) bond motifs is 1. The first-order valence-electron chi connectivity index (χ1n) is 6.90. The number of aromatic nitrogens is 2. The number of nitrogens with zero attached hydrogens (tertiary/aromatic N) is 3. The lowest BCUT2D eigenvalue weighted by Gasteiger charge is -2.17. The Labute approximate surface area is 123 Å². The highest BCUT2D eigenvalue weighted by Crippen LogP contribution is 2.22. The number of methoxy groups -OCH3 is 1. The van der Waals surface area contributed by atoms with Crippen LogP contribution in [0, 0.1) is 0 Å². The summed E-state index contributed by atoms with van der Waals surface area (Å²) in [5.74, 6) is 0.610. The van der Waals surface area contributed by atoms with Crippen LogP contribution >= 0.6 is 0 Å². The average molecular weight is 289 g/mol. The molecular formula is C15H19N3O3. The molecule has 2 rings (SSSR count). The highest BCUT2D eigenvalue weighted by molar-refractivity contribution is 6.03. The molecule has 0 saturated carbocycles. The smallest absolute Gasteiger partial charge is 0.414 e. The fourth-order valence-corrected chi connectivity index (χ4v) is 2.19. The van der Waals surface area contributed by atoms with Gasteiger partial charge in [0.05, 0.1) is 18.3 Å². The van der Waals surface area contributed by atoms with Gasteiger partial charge in [0.2, 0.25) is 0 Å². The highest BCUT2D eigenvalue weighted by atomic mass is 16.5. The van der Waals surface area contributed by atoms with Gasteiger partial charge in [-0.05, 0) is 24.6 Å². The quantitative estimate of drug-likeness (QED) is 0.812. The number of rotatable bonds is 4. The molecule has 2 aromatic rings. The zero-order valence-corrected chi connectivity index (χ0v) is 12.7. The van der Waals surface area contributed by atoms with Crippen molar-refractivity contribution in [2.24, 2.45) is 0 Å². The molecule has 2 aromatic heterocycles. The lowest BCUT2D eigenvalue weighted by molar-refractivity contribution is 0.0989. The SMILES string of the molecule is CCC(=O)c1ccc(N(C)C(=O)OC)n2nc(CC)cc12. The second kappa shape index (κ2) is 5.95. The Hall–Kier alpha value is -2.37. The second-order valence-corrected chi connectivity index (χ2v) is 4.70. The first-order valence-corrected chi connectivity index (χ1v) is 6.90. The normalized spacial score (nSPS) is 10.7. The van der Waals surface area contributed by atoms with Gasteiger partial charge in [-0.1, -0.05) is 13.8 Å². The van der Waals surface area contributed by atoms with Gasteiger partial charge in [0.15, 0.2) is 5.78 Å². The van der Waals surface area contributed by atoms with E-state index in [0.29, 0.717) is 23.3 Å². The third kappa shape index (κ3) is 2.61. The van der Waals surface area contributed by atoms with Crippen LogP contribution in [0.25, 0.3) is 5.52 Å². The Bertz CT molecular complexity index is 691. The number of anilines is 1. The molecule has 0 spiro atoms. The van der Waals surface area contributed by atoms with Crippen LogP contribution in [0.3, 0.4) is 0 Å². The van der Waals surface area contributed by atoms with Crippen molar-refractivity contribution in [3.8, 4) is 0 Å². The Morgan fingerprint density at radius 2 is 2.05 bits per heavy atom. The number of Topliss-reactive ketones (excluding diaryl/α,β-unsaturated/α-hetero) is 1. The van der Waals surface area contributed by atoms with Gasteiger partial charge in [0.1, 0.15) is 5.82 Å². The van der Waals surface area contributed by atoms with Crippen LogP contribution < -0.4 is 4.90 Å². The summed E-state index contributed by atoms with van der Waals surface area (Å²) in [6.45, 7) is 3.82. The molecule has 112 valence electrons. The van der Waals surface area contributed by atoms with Crippen molar-refractivity contribution >= 4 is 23.2 Å². The molecule has 0 unspecified atom stereocenters. The second-order valence-electron chi connectivity index (χ2n) is 4.70. The molecule has 0 aliphatic carbocycles. The van der Waals surface area contributed by atoms with E-state index in [1.54, 1.807) is 23.7 Å². The van der Waals surface area contributed by atoms with E-state index in [2.05, 4.69) is 5.10 Å². The number of ketones is 1. The van der Waals surface area contributed by atoms with E-state index in [4.69, 9.17) is 4.74 Å². The van der Waals surface area contributed by atoms with E-state index < -0.39 is 6.09 Å². The summed E-state index contributed by atoms with van der Waals surface area (Å²) < 4.78 is 6.35. The Kier molecular flexibility index (Phi) is 4.26. The molecule has 6 heteroatoms. The first-order chi connectivity index (χ1) is 10.0. The molecule has 0 aliphatic rings. The van der Waals surface area contributed by atoms with Crippen LogP contribution in [0.5, 0.6) is 0 Å². The Balaban J connectivity index is 2.67. The van der Waals surface area contributed by atoms with Crippen molar-refractivity contribution in [2.75, 3.05) is 19.1 Å². The van der Waals surface area contributed by atoms with Crippen molar-refractivity contribution in [1.29, 1.82) is 0 Å². The molecule has 0 atom stereocenters. The molecule has 1 amide bonds. The summed E-state index contributed by atoms with van der Waals surface area (Å²) in [6, 6.07) is 5.33. The molecule has 6 nitrogen and oxygen atoms in total. The molecule has 2 heterocycles. The van der Waals surface area contributed by atoms with Gasteiger partial charge in [0, 0.05) is 19.0 Å². The van der Waals surface area contributed by atoms with Crippen molar-refractivity contribution in [3.63, 3.8) is 0 Å².